The molecule has 1 atom stereocenters. The first-order valence-electron chi connectivity index (χ1n) is 5.86. The Morgan fingerprint density at radius 3 is 2.82 bits per heavy atom. The molecule has 0 aromatic carbocycles. The molecule has 94 valence electrons. The summed E-state index contributed by atoms with van der Waals surface area (Å²) in [6, 6.07) is -0.288. The first kappa shape index (κ1) is 12.1. The van der Waals surface area contributed by atoms with E-state index in [2.05, 4.69) is 15.5 Å². The van der Waals surface area contributed by atoms with E-state index in [0.29, 0.717) is 13.0 Å². The Morgan fingerprint density at radius 2 is 2.18 bits per heavy atom. The van der Waals surface area contributed by atoms with Crippen molar-refractivity contribution >= 4 is 5.97 Å². The van der Waals surface area contributed by atoms with Crippen LogP contribution in [0.25, 0.3) is 0 Å². The molecule has 5 nitrogen and oxygen atoms in total. The van der Waals surface area contributed by atoms with Crippen molar-refractivity contribution < 1.29 is 9.53 Å². The Hall–Kier alpha value is -1.36. The van der Waals surface area contributed by atoms with Crippen molar-refractivity contribution in [2.75, 3.05) is 0 Å². The molecule has 1 unspecified atom stereocenters. The van der Waals surface area contributed by atoms with Gasteiger partial charge in [0.15, 0.2) is 0 Å². The van der Waals surface area contributed by atoms with Crippen LogP contribution in [0.2, 0.25) is 0 Å². The highest BCUT2D eigenvalue weighted by molar-refractivity contribution is 5.77. The second-order valence-electron chi connectivity index (χ2n) is 5.44. The Bertz CT molecular complexity index is 431. The van der Waals surface area contributed by atoms with Gasteiger partial charge in [0.2, 0.25) is 0 Å². The first-order valence-corrected chi connectivity index (χ1v) is 5.86. The number of aromatic amines is 1. The number of nitrogens with one attached hydrogen (secondary N) is 2. The van der Waals surface area contributed by atoms with E-state index >= 15 is 0 Å². The highest BCUT2D eigenvalue weighted by Crippen LogP contribution is 2.19. The number of H-pyrrole nitrogens is 1. The summed E-state index contributed by atoms with van der Waals surface area (Å²) in [5, 5.41) is 10.3. The topological polar surface area (TPSA) is 67.0 Å². The highest BCUT2D eigenvalue weighted by atomic mass is 16.6. The number of ether oxygens (including phenoxy) is 1. The lowest BCUT2D eigenvalue weighted by molar-refractivity contribution is -0.157. The maximum Gasteiger partial charge on any atom is 0.324 e. The molecule has 0 fully saturated rings. The molecule has 0 amide bonds. The molecular weight excluding hydrogens is 218 g/mol. The van der Waals surface area contributed by atoms with Crippen LogP contribution in [-0.4, -0.2) is 27.8 Å². The van der Waals surface area contributed by atoms with Crippen LogP contribution in [0.4, 0.5) is 0 Å². The smallest absolute Gasteiger partial charge is 0.324 e. The summed E-state index contributed by atoms with van der Waals surface area (Å²) in [4.78, 5) is 11.9. The predicted molar refractivity (Wildman–Crippen MR) is 63.5 cm³/mol. The molecule has 2 rings (SSSR count). The number of aromatic nitrogens is 2. The first-order chi connectivity index (χ1) is 7.87. The van der Waals surface area contributed by atoms with Gasteiger partial charge in [0.05, 0.1) is 5.69 Å². The van der Waals surface area contributed by atoms with Crippen LogP contribution in [-0.2, 0) is 22.5 Å². The van der Waals surface area contributed by atoms with Crippen LogP contribution < -0.4 is 5.32 Å². The van der Waals surface area contributed by atoms with Gasteiger partial charge >= 0.3 is 5.97 Å². The molecule has 5 heteroatoms. The van der Waals surface area contributed by atoms with E-state index in [1.807, 2.05) is 27.7 Å². The number of carbonyl (C=O) groups excluding carboxylic acids is 1. The molecule has 0 radical (unpaired) electrons. The third-order valence-corrected chi connectivity index (χ3v) is 2.77. The fraction of sp³-hybridized carbons (Fsp3) is 0.667. The summed E-state index contributed by atoms with van der Waals surface area (Å²) in [6.07, 6.45) is 0.592. The van der Waals surface area contributed by atoms with E-state index < -0.39 is 5.60 Å². The van der Waals surface area contributed by atoms with E-state index in [4.69, 9.17) is 4.74 Å². The molecule has 1 aromatic rings. The van der Waals surface area contributed by atoms with Crippen molar-refractivity contribution in [2.24, 2.45) is 0 Å². The van der Waals surface area contributed by atoms with Crippen molar-refractivity contribution in [2.45, 2.75) is 52.3 Å². The van der Waals surface area contributed by atoms with Gasteiger partial charge in [-0.05, 0) is 27.7 Å². The lowest BCUT2D eigenvalue weighted by Crippen LogP contribution is -2.45. The molecule has 1 aromatic heterocycles. The normalized spacial score (nSPS) is 19.9. The van der Waals surface area contributed by atoms with Gasteiger partial charge in [-0.3, -0.25) is 15.2 Å². The lowest BCUT2D eigenvalue weighted by Gasteiger charge is -2.26. The number of esters is 1. The number of rotatable bonds is 1. The largest absolute Gasteiger partial charge is 0.459 e. The zero-order valence-corrected chi connectivity index (χ0v) is 10.8. The van der Waals surface area contributed by atoms with Gasteiger partial charge < -0.3 is 4.74 Å². The molecule has 0 bridgehead atoms. The Labute approximate surface area is 101 Å². The minimum absolute atomic E-state index is 0.205. The molecule has 0 saturated heterocycles. The van der Waals surface area contributed by atoms with E-state index in [1.165, 1.54) is 5.56 Å². The number of carbonyl (C=O) groups is 1. The molecule has 0 aliphatic carbocycles. The monoisotopic (exact) mass is 237 g/mol. The maximum atomic E-state index is 11.9. The van der Waals surface area contributed by atoms with Crippen LogP contribution in [0.1, 0.15) is 37.7 Å². The lowest BCUT2D eigenvalue weighted by atomic mass is 10.0. The third kappa shape index (κ3) is 2.66. The second kappa shape index (κ2) is 4.14. The van der Waals surface area contributed by atoms with Crippen molar-refractivity contribution in [3.63, 3.8) is 0 Å². The summed E-state index contributed by atoms with van der Waals surface area (Å²) < 4.78 is 5.36. The molecule has 1 aliphatic heterocycles. The number of hydrogen-bond acceptors (Lipinski definition) is 4. The van der Waals surface area contributed by atoms with E-state index in [-0.39, 0.29) is 12.0 Å². The number of hydrogen-bond donors (Lipinski definition) is 2. The predicted octanol–water partition coefficient (Wildman–Crippen LogP) is 1.07. The fourth-order valence-electron chi connectivity index (χ4n) is 1.94. The van der Waals surface area contributed by atoms with Crippen LogP contribution in [0, 0.1) is 6.92 Å². The standard InChI is InChI=1S/C12H19N3O2/c1-7-8-6-13-10(5-9(8)15-14-7)11(16)17-12(2,3)4/h10,13H,5-6H2,1-4H3,(H,14,15). The van der Waals surface area contributed by atoms with Gasteiger partial charge in [0.25, 0.3) is 0 Å². The average Bonchev–Trinajstić information content (AvgIpc) is 2.57. The van der Waals surface area contributed by atoms with Crippen LogP contribution >= 0.6 is 0 Å². The molecule has 2 heterocycles. The maximum absolute atomic E-state index is 11.9. The quantitative estimate of drug-likeness (QED) is 0.717. The minimum Gasteiger partial charge on any atom is -0.459 e. The number of aryl methyl sites for hydroxylation is 1. The summed E-state index contributed by atoms with van der Waals surface area (Å²) in [6.45, 7) is 8.27. The van der Waals surface area contributed by atoms with Crippen molar-refractivity contribution in [1.29, 1.82) is 0 Å². The van der Waals surface area contributed by atoms with Crippen molar-refractivity contribution in [3.05, 3.63) is 17.0 Å². The summed E-state index contributed by atoms with van der Waals surface area (Å²) in [5.74, 6) is -0.205. The van der Waals surface area contributed by atoms with E-state index in [9.17, 15) is 4.79 Å². The molecule has 17 heavy (non-hydrogen) atoms. The van der Waals surface area contributed by atoms with Crippen molar-refractivity contribution in [3.8, 4) is 0 Å². The molecule has 1 aliphatic rings. The Morgan fingerprint density at radius 1 is 1.47 bits per heavy atom. The Balaban J connectivity index is 2.05. The van der Waals surface area contributed by atoms with Crippen LogP contribution in [0.15, 0.2) is 0 Å². The van der Waals surface area contributed by atoms with Crippen molar-refractivity contribution in [1.82, 2.24) is 15.5 Å². The molecule has 0 spiro atoms. The van der Waals surface area contributed by atoms with E-state index in [1.54, 1.807) is 0 Å². The van der Waals surface area contributed by atoms with Gasteiger partial charge in [-0.1, -0.05) is 0 Å². The average molecular weight is 237 g/mol. The van der Waals surface area contributed by atoms with Crippen LogP contribution in [0.3, 0.4) is 0 Å². The fourth-order valence-corrected chi connectivity index (χ4v) is 1.94. The van der Waals surface area contributed by atoms with Gasteiger partial charge in [-0.25, -0.2) is 0 Å². The summed E-state index contributed by atoms with van der Waals surface area (Å²) in [5.41, 5.74) is 2.76. The Kier molecular flexibility index (Phi) is 2.95. The minimum atomic E-state index is -0.444. The molecule has 0 saturated carbocycles. The summed E-state index contributed by atoms with van der Waals surface area (Å²) in [7, 11) is 0. The number of fused-ring (bicyclic) bond motifs is 1. The second-order valence-corrected chi connectivity index (χ2v) is 5.44. The number of nitrogens with zero attached hydrogens (tertiary/aromatic N) is 1. The van der Waals surface area contributed by atoms with E-state index in [0.717, 1.165) is 11.4 Å². The highest BCUT2D eigenvalue weighted by Gasteiger charge is 2.30. The zero-order chi connectivity index (χ0) is 12.6. The molecular formula is C12H19N3O2. The summed E-state index contributed by atoms with van der Waals surface area (Å²) >= 11 is 0. The van der Waals surface area contributed by atoms with Gasteiger partial charge in [0, 0.05) is 24.2 Å². The molecule has 2 N–H and O–H groups in total. The SMILES string of the molecule is Cc1[nH]nc2c1CNC(C(=O)OC(C)(C)C)C2. The van der Waals surface area contributed by atoms with Gasteiger partial charge in [0.1, 0.15) is 11.6 Å². The third-order valence-electron chi connectivity index (χ3n) is 2.77. The van der Waals surface area contributed by atoms with Gasteiger partial charge in [-0.15, -0.1) is 0 Å². The zero-order valence-electron chi connectivity index (χ0n) is 10.8. The van der Waals surface area contributed by atoms with Gasteiger partial charge in [-0.2, -0.15) is 5.10 Å². The van der Waals surface area contributed by atoms with Crippen LogP contribution in [0.5, 0.6) is 0 Å².